The van der Waals surface area contributed by atoms with Gasteiger partial charge in [-0.2, -0.15) is 0 Å². The largest absolute Gasteiger partial charge is 0.388 e. The van der Waals surface area contributed by atoms with Gasteiger partial charge < -0.3 is 10.2 Å². The predicted octanol–water partition coefficient (Wildman–Crippen LogP) is 3.15. The number of nitrogens with one attached hydrogen (secondary N) is 1. The molecule has 1 saturated heterocycles. The first-order valence-corrected chi connectivity index (χ1v) is 7.56. The van der Waals surface area contributed by atoms with Crippen molar-refractivity contribution in [3.05, 3.63) is 36.0 Å². The van der Waals surface area contributed by atoms with Crippen molar-refractivity contribution >= 4 is 22.5 Å². The Labute approximate surface area is 125 Å². The number of rotatable bonds is 2. The molecule has 1 aromatic heterocycles. The van der Waals surface area contributed by atoms with Crippen LogP contribution in [0.15, 0.2) is 30.3 Å². The second-order valence-corrected chi connectivity index (χ2v) is 5.82. The Morgan fingerprint density at radius 1 is 1.38 bits per heavy atom. The summed E-state index contributed by atoms with van der Waals surface area (Å²) in [6.07, 6.45) is 2.29. The lowest BCUT2D eigenvalue weighted by molar-refractivity contribution is 0.0677. The number of carbonyl (C=O) groups excluding carboxylic acids is 1. The molecule has 1 fully saturated rings. The monoisotopic (exact) mass is 283 g/mol. The molecule has 1 unspecified atom stereocenters. The van der Waals surface area contributed by atoms with E-state index in [2.05, 4.69) is 17.2 Å². The van der Waals surface area contributed by atoms with Crippen molar-refractivity contribution in [3.63, 3.8) is 0 Å². The van der Waals surface area contributed by atoms with Crippen LogP contribution < -0.4 is 5.32 Å². The highest BCUT2D eigenvalue weighted by atomic mass is 16.2. The molecule has 1 N–H and O–H groups in total. The van der Waals surface area contributed by atoms with Gasteiger partial charge in [-0.05, 0) is 30.9 Å². The Balaban J connectivity index is 1.98. The van der Waals surface area contributed by atoms with Crippen molar-refractivity contribution in [2.45, 2.75) is 19.8 Å². The number of aromatic nitrogens is 1. The van der Waals surface area contributed by atoms with E-state index in [0.717, 1.165) is 36.1 Å². The lowest BCUT2D eigenvalue weighted by Gasteiger charge is -2.30. The predicted molar refractivity (Wildman–Crippen MR) is 85.6 cm³/mol. The summed E-state index contributed by atoms with van der Waals surface area (Å²) < 4.78 is 0. The summed E-state index contributed by atoms with van der Waals surface area (Å²) >= 11 is 0. The van der Waals surface area contributed by atoms with Gasteiger partial charge in [0, 0.05) is 31.2 Å². The van der Waals surface area contributed by atoms with Gasteiger partial charge in [0.05, 0.1) is 5.52 Å². The SMILES string of the molecule is CNc1cc(C(=O)N2CCCC(C)C2)nc2ccccc12. The summed E-state index contributed by atoms with van der Waals surface area (Å²) in [5.41, 5.74) is 2.35. The zero-order valence-corrected chi connectivity index (χ0v) is 12.6. The zero-order chi connectivity index (χ0) is 14.8. The Bertz CT molecular complexity index is 668. The third kappa shape index (κ3) is 2.71. The first kappa shape index (κ1) is 13.9. The topological polar surface area (TPSA) is 45.2 Å². The van der Waals surface area contributed by atoms with Crippen LogP contribution in [0.1, 0.15) is 30.3 Å². The van der Waals surface area contributed by atoms with Crippen LogP contribution in [0.5, 0.6) is 0 Å². The van der Waals surface area contributed by atoms with Crippen LogP contribution in [0.2, 0.25) is 0 Å². The third-order valence-corrected chi connectivity index (χ3v) is 4.15. The van der Waals surface area contributed by atoms with Crippen LogP contribution in [0.4, 0.5) is 5.69 Å². The number of hydrogen-bond acceptors (Lipinski definition) is 3. The maximum Gasteiger partial charge on any atom is 0.272 e. The first-order valence-electron chi connectivity index (χ1n) is 7.56. The first-order chi connectivity index (χ1) is 10.2. The van der Waals surface area contributed by atoms with Crippen molar-refractivity contribution in [2.75, 3.05) is 25.5 Å². The average molecular weight is 283 g/mol. The number of para-hydroxylation sites is 1. The molecular formula is C17H21N3O. The highest BCUT2D eigenvalue weighted by molar-refractivity contribution is 5.99. The summed E-state index contributed by atoms with van der Waals surface area (Å²) in [6, 6.07) is 9.77. The van der Waals surface area contributed by atoms with Crippen molar-refractivity contribution in [1.29, 1.82) is 0 Å². The summed E-state index contributed by atoms with van der Waals surface area (Å²) in [7, 11) is 1.87. The van der Waals surface area contributed by atoms with Crippen molar-refractivity contribution in [2.24, 2.45) is 5.92 Å². The Morgan fingerprint density at radius 3 is 2.95 bits per heavy atom. The fourth-order valence-corrected chi connectivity index (χ4v) is 3.03. The molecule has 0 aliphatic carbocycles. The van der Waals surface area contributed by atoms with Gasteiger partial charge in [0.15, 0.2) is 0 Å². The van der Waals surface area contributed by atoms with E-state index >= 15 is 0 Å². The van der Waals surface area contributed by atoms with Gasteiger partial charge in [-0.15, -0.1) is 0 Å². The van der Waals surface area contributed by atoms with E-state index in [1.165, 1.54) is 6.42 Å². The number of likely N-dealkylation sites (tertiary alicyclic amines) is 1. The van der Waals surface area contributed by atoms with Crippen LogP contribution in [0.25, 0.3) is 10.9 Å². The van der Waals surface area contributed by atoms with Crippen molar-refractivity contribution in [1.82, 2.24) is 9.88 Å². The number of anilines is 1. The summed E-state index contributed by atoms with van der Waals surface area (Å²) in [6.45, 7) is 3.88. The molecule has 0 radical (unpaired) electrons. The van der Waals surface area contributed by atoms with Gasteiger partial charge in [-0.25, -0.2) is 4.98 Å². The van der Waals surface area contributed by atoms with Crippen LogP contribution in [0, 0.1) is 5.92 Å². The number of carbonyl (C=O) groups is 1. The molecule has 1 aliphatic heterocycles. The molecule has 110 valence electrons. The fraction of sp³-hybridized carbons (Fsp3) is 0.412. The van der Waals surface area contributed by atoms with Gasteiger partial charge >= 0.3 is 0 Å². The molecule has 1 aliphatic rings. The molecule has 4 heteroatoms. The van der Waals surface area contributed by atoms with Gasteiger partial charge in [-0.1, -0.05) is 25.1 Å². The number of hydrogen-bond donors (Lipinski definition) is 1. The van der Waals surface area contributed by atoms with Crippen LogP contribution in [-0.2, 0) is 0 Å². The average Bonchev–Trinajstić information content (AvgIpc) is 2.53. The molecule has 0 bridgehead atoms. The van der Waals surface area contributed by atoms with Crippen molar-refractivity contribution < 1.29 is 4.79 Å². The molecule has 21 heavy (non-hydrogen) atoms. The number of piperidine rings is 1. The molecule has 2 aromatic rings. The van der Waals surface area contributed by atoms with Gasteiger partial charge in [-0.3, -0.25) is 4.79 Å². The second kappa shape index (κ2) is 5.72. The maximum atomic E-state index is 12.7. The minimum Gasteiger partial charge on any atom is -0.388 e. The number of fused-ring (bicyclic) bond motifs is 1. The van der Waals surface area contributed by atoms with E-state index in [4.69, 9.17) is 0 Å². The molecule has 0 saturated carbocycles. The van der Waals surface area contributed by atoms with E-state index in [1.807, 2.05) is 42.3 Å². The van der Waals surface area contributed by atoms with E-state index in [1.54, 1.807) is 0 Å². The van der Waals surface area contributed by atoms with Crippen LogP contribution in [-0.4, -0.2) is 35.9 Å². The number of pyridine rings is 1. The number of amides is 1. The van der Waals surface area contributed by atoms with Crippen LogP contribution in [0.3, 0.4) is 0 Å². The molecule has 3 rings (SSSR count). The lowest BCUT2D eigenvalue weighted by Crippen LogP contribution is -2.39. The quantitative estimate of drug-likeness (QED) is 0.921. The van der Waals surface area contributed by atoms with Gasteiger partial charge in [0.2, 0.25) is 0 Å². The number of nitrogens with zero attached hydrogens (tertiary/aromatic N) is 2. The van der Waals surface area contributed by atoms with Gasteiger partial charge in [0.1, 0.15) is 5.69 Å². The molecular weight excluding hydrogens is 262 g/mol. The highest BCUT2D eigenvalue weighted by Crippen LogP contribution is 2.24. The summed E-state index contributed by atoms with van der Waals surface area (Å²) in [5, 5.41) is 4.21. The molecule has 0 spiro atoms. The van der Waals surface area contributed by atoms with E-state index < -0.39 is 0 Å². The lowest BCUT2D eigenvalue weighted by atomic mass is 10.00. The smallest absolute Gasteiger partial charge is 0.272 e. The summed E-state index contributed by atoms with van der Waals surface area (Å²) in [4.78, 5) is 19.2. The molecule has 4 nitrogen and oxygen atoms in total. The zero-order valence-electron chi connectivity index (χ0n) is 12.6. The molecule has 1 amide bonds. The highest BCUT2D eigenvalue weighted by Gasteiger charge is 2.23. The van der Waals surface area contributed by atoms with Crippen LogP contribution >= 0.6 is 0 Å². The third-order valence-electron chi connectivity index (χ3n) is 4.15. The van der Waals surface area contributed by atoms with E-state index in [0.29, 0.717) is 11.6 Å². The summed E-state index contributed by atoms with van der Waals surface area (Å²) in [5.74, 6) is 0.621. The Hall–Kier alpha value is -2.10. The minimum atomic E-state index is 0.0452. The van der Waals surface area contributed by atoms with E-state index in [9.17, 15) is 4.79 Å². The van der Waals surface area contributed by atoms with Gasteiger partial charge in [0.25, 0.3) is 5.91 Å². The Kier molecular flexibility index (Phi) is 3.78. The fourth-order valence-electron chi connectivity index (χ4n) is 3.03. The van der Waals surface area contributed by atoms with E-state index in [-0.39, 0.29) is 5.91 Å². The second-order valence-electron chi connectivity index (χ2n) is 5.82. The molecule has 1 atom stereocenters. The maximum absolute atomic E-state index is 12.7. The Morgan fingerprint density at radius 2 is 2.19 bits per heavy atom. The minimum absolute atomic E-state index is 0.0452. The standard InChI is InChI=1S/C17H21N3O/c1-12-6-5-9-20(11-12)17(21)16-10-15(18-2)13-7-3-4-8-14(13)19-16/h3-4,7-8,10,12H,5-6,9,11H2,1-2H3,(H,18,19). The number of benzene rings is 1. The normalized spacial score (nSPS) is 18.8. The molecule has 1 aromatic carbocycles. The molecule has 2 heterocycles. The van der Waals surface area contributed by atoms with Crippen molar-refractivity contribution in [3.8, 4) is 0 Å².